The van der Waals surface area contributed by atoms with Crippen LogP contribution in [0.3, 0.4) is 0 Å². The normalized spacial score (nSPS) is 20.8. The summed E-state index contributed by atoms with van der Waals surface area (Å²) < 4.78 is 64.7. The number of rotatable bonds is 3. The number of benzene rings is 1. The molecule has 0 aromatic heterocycles. The molecule has 0 saturated carbocycles. The maximum absolute atomic E-state index is 13.0. The summed E-state index contributed by atoms with van der Waals surface area (Å²) in [5.41, 5.74) is -1.24. The summed E-state index contributed by atoms with van der Waals surface area (Å²) in [4.78, 5) is 10.1. The summed E-state index contributed by atoms with van der Waals surface area (Å²) >= 11 is 0. The molecule has 5 nitrogen and oxygen atoms in total. The lowest BCUT2D eigenvalue weighted by Crippen LogP contribution is -2.42. The Hall–Kier alpha value is -1.61. The Morgan fingerprint density at radius 1 is 1.27 bits per heavy atom. The Labute approximate surface area is 125 Å². The molecule has 1 heterocycles. The van der Waals surface area contributed by atoms with E-state index >= 15 is 0 Å². The van der Waals surface area contributed by atoms with Crippen LogP contribution in [0, 0.1) is 5.92 Å². The van der Waals surface area contributed by atoms with Crippen molar-refractivity contribution >= 4 is 16.0 Å². The first kappa shape index (κ1) is 16.8. The van der Waals surface area contributed by atoms with Gasteiger partial charge >= 0.3 is 12.1 Å². The third-order valence-electron chi connectivity index (χ3n) is 3.54. The van der Waals surface area contributed by atoms with Crippen LogP contribution < -0.4 is 0 Å². The Kier molecular flexibility index (Phi) is 4.48. The zero-order valence-electron chi connectivity index (χ0n) is 11.4. The molecule has 1 aliphatic heterocycles. The fourth-order valence-electron chi connectivity index (χ4n) is 2.43. The quantitative estimate of drug-likeness (QED) is 0.917. The van der Waals surface area contributed by atoms with Gasteiger partial charge in [-0.25, -0.2) is 8.42 Å². The van der Waals surface area contributed by atoms with Crippen LogP contribution in [0.25, 0.3) is 0 Å². The second-order valence-corrected chi connectivity index (χ2v) is 6.94. The molecule has 1 fully saturated rings. The number of aliphatic carboxylic acids is 1. The van der Waals surface area contributed by atoms with Crippen LogP contribution in [0.1, 0.15) is 18.4 Å². The first-order chi connectivity index (χ1) is 10.1. The van der Waals surface area contributed by atoms with Gasteiger partial charge < -0.3 is 5.11 Å². The summed E-state index contributed by atoms with van der Waals surface area (Å²) in [6.45, 7) is -0.303. The Balaban J connectivity index is 2.41. The fraction of sp³-hybridized carbons (Fsp3) is 0.462. The molecule has 1 atom stereocenters. The maximum atomic E-state index is 13.0. The summed E-state index contributed by atoms with van der Waals surface area (Å²) in [6.07, 6.45) is -4.20. The van der Waals surface area contributed by atoms with Gasteiger partial charge in [0.25, 0.3) is 0 Å². The minimum atomic E-state index is -4.80. The van der Waals surface area contributed by atoms with E-state index in [1.165, 1.54) is 6.07 Å². The van der Waals surface area contributed by atoms with Gasteiger partial charge in [-0.1, -0.05) is 12.1 Å². The van der Waals surface area contributed by atoms with Gasteiger partial charge in [0.15, 0.2) is 0 Å². The Morgan fingerprint density at radius 3 is 2.50 bits per heavy atom. The predicted molar refractivity (Wildman–Crippen MR) is 70.6 cm³/mol. The highest BCUT2D eigenvalue weighted by Crippen LogP contribution is 2.36. The summed E-state index contributed by atoms with van der Waals surface area (Å²) in [5.74, 6) is -2.05. The molecular formula is C13H14F3NO4S. The molecule has 0 bridgehead atoms. The van der Waals surface area contributed by atoms with Crippen LogP contribution in [0.2, 0.25) is 0 Å². The van der Waals surface area contributed by atoms with Gasteiger partial charge in [-0.05, 0) is 25.0 Å². The van der Waals surface area contributed by atoms with Crippen molar-refractivity contribution in [3.05, 3.63) is 29.8 Å². The molecule has 22 heavy (non-hydrogen) atoms. The van der Waals surface area contributed by atoms with Crippen LogP contribution >= 0.6 is 0 Å². The summed E-state index contributed by atoms with van der Waals surface area (Å²) in [7, 11) is -4.39. The first-order valence-electron chi connectivity index (χ1n) is 6.53. The molecule has 1 aliphatic rings. The largest absolute Gasteiger partial charge is 0.481 e. The van der Waals surface area contributed by atoms with E-state index in [1.807, 2.05) is 0 Å². The smallest absolute Gasteiger partial charge is 0.417 e. The number of hydrogen-bond donors (Lipinski definition) is 1. The molecule has 0 radical (unpaired) electrons. The van der Waals surface area contributed by atoms with Crippen LogP contribution in [-0.4, -0.2) is 36.9 Å². The van der Waals surface area contributed by atoms with E-state index in [2.05, 4.69) is 0 Å². The van der Waals surface area contributed by atoms with E-state index in [1.54, 1.807) is 0 Å². The van der Waals surface area contributed by atoms with E-state index in [0.717, 1.165) is 16.4 Å². The highest BCUT2D eigenvalue weighted by Gasteiger charge is 2.40. The van der Waals surface area contributed by atoms with E-state index in [4.69, 9.17) is 5.11 Å². The van der Waals surface area contributed by atoms with Gasteiger partial charge in [0.05, 0.1) is 16.4 Å². The third kappa shape index (κ3) is 3.25. The first-order valence-corrected chi connectivity index (χ1v) is 7.97. The number of hydrogen-bond acceptors (Lipinski definition) is 3. The van der Waals surface area contributed by atoms with Gasteiger partial charge in [-0.15, -0.1) is 0 Å². The van der Waals surface area contributed by atoms with Crippen LogP contribution in [0.15, 0.2) is 29.2 Å². The number of piperidine rings is 1. The van der Waals surface area contributed by atoms with Crippen LogP contribution in [0.5, 0.6) is 0 Å². The molecule has 0 amide bonds. The van der Waals surface area contributed by atoms with Gasteiger partial charge in [-0.2, -0.15) is 17.5 Å². The molecule has 1 aromatic carbocycles. The number of alkyl halides is 3. The van der Waals surface area contributed by atoms with Crippen molar-refractivity contribution in [2.75, 3.05) is 13.1 Å². The SMILES string of the molecule is O=C(O)[C@H]1CCCN(S(=O)(=O)c2ccccc2C(F)(F)F)C1. The highest BCUT2D eigenvalue weighted by molar-refractivity contribution is 7.89. The lowest BCUT2D eigenvalue weighted by molar-refractivity contribution is -0.143. The topological polar surface area (TPSA) is 74.7 Å². The monoisotopic (exact) mass is 337 g/mol. The fourth-order valence-corrected chi connectivity index (χ4v) is 4.16. The maximum Gasteiger partial charge on any atom is 0.417 e. The third-order valence-corrected chi connectivity index (χ3v) is 5.47. The number of sulfonamides is 1. The second-order valence-electron chi connectivity index (χ2n) is 5.03. The second kappa shape index (κ2) is 5.88. The highest BCUT2D eigenvalue weighted by atomic mass is 32.2. The van der Waals surface area contributed by atoms with Crippen molar-refractivity contribution in [3.63, 3.8) is 0 Å². The molecular weight excluding hydrogens is 323 g/mol. The molecule has 1 N–H and O–H groups in total. The minimum absolute atomic E-state index is 0.0122. The van der Waals surface area contributed by atoms with Crippen molar-refractivity contribution in [2.24, 2.45) is 5.92 Å². The van der Waals surface area contributed by atoms with Gasteiger partial charge in [-0.3, -0.25) is 4.79 Å². The average Bonchev–Trinajstić information content (AvgIpc) is 2.46. The average molecular weight is 337 g/mol. The molecule has 122 valence electrons. The zero-order valence-corrected chi connectivity index (χ0v) is 12.2. The van der Waals surface area contributed by atoms with Crippen molar-refractivity contribution in [2.45, 2.75) is 23.9 Å². The summed E-state index contributed by atoms with van der Waals surface area (Å²) in [5, 5.41) is 8.97. The molecule has 0 spiro atoms. The van der Waals surface area contributed by atoms with Crippen LogP contribution in [0.4, 0.5) is 13.2 Å². The molecule has 0 unspecified atom stereocenters. The number of carboxylic acids is 1. The van der Waals surface area contributed by atoms with Crippen molar-refractivity contribution in [1.82, 2.24) is 4.31 Å². The van der Waals surface area contributed by atoms with Gasteiger partial charge in [0.1, 0.15) is 0 Å². The van der Waals surface area contributed by atoms with Crippen molar-refractivity contribution in [3.8, 4) is 0 Å². The Bertz CT molecular complexity index is 672. The number of carboxylic acid groups (broad SMARTS) is 1. The van der Waals surface area contributed by atoms with Crippen molar-refractivity contribution in [1.29, 1.82) is 0 Å². The molecule has 2 rings (SSSR count). The molecule has 1 saturated heterocycles. The van der Waals surface area contributed by atoms with E-state index in [0.29, 0.717) is 18.9 Å². The number of halogens is 3. The predicted octanol–water partition coefficient (Wildman–Crippen LogP) is 2.19. The van der Waals surface area contributed by atoms with E-state index in [-0.39, 0.29) is 13.1 Å². The van der Waals surface area contributed by atoms with Crippen LogP contribution in [-0.2, 0) is 21.0 Å². The zero-order chi connectivity index (χ0) is 16.5. The molecule has 1 aromatic rings. The molecule has 0 aliphatic carbocycles. The van der Waals surface area contributed by atoms with E-state index < -0.39 is 38.5 Å². The van der Waals surface area contributed by atoms with Gasteiger partial charge in [0.2, 0.25) is 10.0 Å². The van der Waals surface area contributed by atoms with Crippen molar-refractivity contribution < 1.29 is 31.5 Å². The number of nitrogens with zero attached hydrogens (tertiary/aromatic N) is 1. The van der Waals surface area contributed by atoms with E-state index in [9.17, 15) is 26.4 Å². The summed E-state index contributed by atoms with van der Waals surface area (Å²) in [6, 6.07) is 3.91. The standard InChI is InChI=1S/C13H14F3NO4S/c14-13(15,16)10-5-1-2-6-11(10)22(20,21)17-7-3-4-9(8-17)12(18)19/h1-2,5-6,9H,3-4,7-8H2,(H,18,19)/t9-/m0/s1. The Morgan fingerprint density at radius 2 is 1.91 bits per heavy atom. The lowest BCUT2D eigenvalue weighted by atomic mass is 10.0. The van der Waals surface area contributed by atoms with Gasteiger partial charge in [0, 0.05) is 13.1 Å². The lowest BCUT2D eigenvalue weighted by Gasteiger charge is -2.30. The molecule has 9 heteroatoms. The number of carbonyl (C=O) groups is 1. The minimum Gasteiger partial charge on any atom is -0.481 e.